The SMILES string of the molecule is O=C(O)CCC/C=C\CC1C2CC(C2)CC1NC(=O)c1csc2ccccc12. The smallest absolute Gasteiger partial charge is 0.303 e. The Morgan fingerprint density at radius 3 is 2.82 bits per heavy atom. The van der Waals surface area contributed by atoms with Crippen LogP contribution in [0.25, 0.3) is 10.1 Å². The summed E-state index contributed by atoms with van der Waals surface area (Å²) in [6, 6.07) is 8.32. The molecule has 2 atom stereocenters. The second-order valence-electron chi connectivity index (χ2n) is 8.22. The Bertz CT molecular complexity index is 881. The van der Waals surface area contributed by atoms with E-state index in [4.69, 9.17) is 5.11 Å². The number of aliphatic carboxylic acids is 1. The van der Waals surface area contributed by atoms with Crippen LogP contribution >= 0.6 is 11.3 Å². The molecular weight excluding hydrogens is 370 g/mol. The first-order valence-electron chi connectivity index (χ1n) is 10.3. The van der Waals surface area contributed by atoms with Gasteiger partial charge >= 0.3 is 5.97 Å². The fourth-order valence-corrected chi connectivity index (χ4v) is 5.80. The summed E-state index contributed by atoms with van der Waals surface area (Å²) in [4.78, 5) is 23.5. The molecule has 2 aromatic rings. The number of carboxylic acid groups (broad SMARTS) is 1. The molecule has 3 aliphatic carbocycles. The van der Waals surface area contributed by atoms with Crippen molar-refractivity contribution in [3.63, 3.8) is 0 Å². The van der Waals surface area contributed by atoms with Gasteiger partial charge in [0.2, 0.25) is 0 Å². The molecule has 3 fully saturated rings. The number of hydrogen-bond donors (Lipinski definition) is 2. The molecule has 4 nitrogen and oxygen atoms in total. The maximum atomic E-state index is 13.0. The second-order valence-corrected chi connectivity index (χ2v) is 9.13. The lowest BCUT2D eigenvalue weighted by Gasteiger charge is -2.51. The molecule has 2 unspecified atom stereocenters. The Balaban J connectivity index is 1.37. The zero-order chi connectivity index (χ0) is 19.5. The number of unbranched alkanes of at least 4 members (excludes halogenated alkanes) is 1. The summed E-state index contributed by atoms with van der Waals surface area (Å²) in [7, 11) is 0. The number of fused-ring (bicyclic) bond motifs is 3. The van der Waals surface area contributed by atoms with Gasteiger partial charge in [0.15, 0.2) is 0 Å². The maximum absolute atomic E-state index is 13.0. The van der Waals surface area contributed by atoms with E-state index in [1.165, 1.54) is 12.8 Å². The molecule has 3 saturated carbocycles. The monoisotopic (exact) mass is 397 g/mol. The molecular formula is C23H27NO3S. The number of carbonyl (C=O) groups excluding carboxylic acids is 1. The first kappa shape index (κ1) is 19.2. The minimum Gasteiger partial charge on any atom is -0.481 e. The highest BCUT2D eigenvalue weighted by atomic mass is 32.1. The van der Waals surface area contributed by atoms with Gasteiger partial charge in [-0.1, -0.05) is 30.4 Å². The second kappa shape index (κ2) is 8.48. The quantitative estimate of drug-likeness (QED) is 0.472. The predicted octanol–water partition coefficient (Wildman–Crippen LogP) is 5.25. The molecule has 0 spiro atoms. The van der Waals surface area contributed by atoms with Crippen molar-refractivity contribution < 1.29 is 14.7 Å². The van der Waals surface area contributed by atoms with Crippen molar-refractivity contribution in [2.45, 2.75) is 51.0 Å². The van der Waals surface area contributed by atoms with Crippen LogP contribution in [0, 0.1) is 17.8 Å². The van der Waals surface area contributed by atoms with E-state index in [0.717, 1.165) is 40.8 Å². The molecule has 1 amide bonds. The largest absolute Gasteiger partial charge is 0.481 e. The van der Waals surface area contributed by atoms with Crippen LogP contribution in [0.15, 0.2) is 41.8 Å². The van der Waals surface area contributed by atoms with Crippen molar-refractivity contribution >= 4 is 33.3 Å². The predicted molar refractivity (Wildman–Crippen MR) is 113 cm³/mol. The van der Waals surface area contributed by atoms with Crippen LogP contribution in [0.2, 0.25) is 0 Å². The van der Waals surface area contributed by atoms with Crippen LogP contribution in [0.5, 0.6) is 0 Å². The molecule has 2 N–H and O–H groups in total. The van der Waals surface area contributed by atoms with Crippen molar-refractivity contribution in [1.82, 2.24) is 5.32 Å². The van der Waals surface area contributed by atoms with Gasteiger partial charge in [0.25, 0.3) is 5.91 Å². The molecule has 5 rings (SSSR count). The number of nitrogens with one attached hydrogen (secondary N) is 1. The highest BCUT2D eigenvalue weighted by Gasteiger charge is 2.45. The number of amides is 1. The molecule has 28 heavy (non-hydrogen) atoms. The van der Waals surface area contributed by atoms with E-state index < -0.39 is 5.97 Å². The summed E-state index contributed by atoms with van der Waals surface area (Å²) >= 11 is 1.62. The average molecular weight is 398 g/mol. The van der Waals surface area contributed by atoms with Gasteiger partial charge in [0, 0.05) is 27.9 Å². The molecule has 148 valence electrons. The van der Waals surface area contributed by atoms with Gasteiger partial charge in [0.1, 0.15) is 0 Å². The minimum absolute atomic E-state index is 0.0548. The Hall–Kier alpha value is -2.14. The van der Waals surface area contributed by atoms with Crippen molar-refractivity contribution in [2.24, 2.45) is 17.8 Å². The summed E-state index contributed by atoms with van der Waals surface area (Å²) in [6.45, 7) is 0. The Morgan fingerprint density at radius 2 is 2.00 bits per heavy atom. The van der Waals surface area contributed by atoms with Crippen LogP contribution in [-0.4, -0.2) is 23.0 Å². The average Bonchev–Trinajstić information content (AvgIpc) is 3.08. The third-order valence-corrected chi connectivity index (χ3v) is 7.32. The summed E-state index contributed by atoms with van der Waals surface area (Å²) < 4.78 is 1.15. The van der Waals surface area contributed by atoms with Crippen molar-refractivity contribution in [2.75, 3.05) is 0 Å². The van der Waals surface area contributed by atoms with E-state index in [9.17, 15) is 9.59 Å². The topological polar surface area (TPSA) is 66.4 Å². The van der Waals surface area contributed by atoms with E-state index >= 15 is 0 Å². The first-order chi connectivity index (χ1) is 13.6. The number of hydrogen-bond acceptors (Lipinski definition) is 3. The highest BCUT2D eigenvalue weighted by molar-refractivity contribution is 7.17. The molecule has 1 aromatic carbocycles. The number of benzene rings is 1. The van der Waals surface area contributed by atoms with Gasteiger partial charge in [-0.3, -0.25) is 9.59 Å². The first-order valence-corrected chi connectivity index (χ1v) is 11.1. The van der Waals surface area contributed by atoms with Crippen molar-refractivity contribution in [3.05, 3.63) is 47.4 Å². The Kier molecular flexibility index (Phi) is 5.81. The fraction of sp³-hybridized carbons (Fsp3) is 0.478. The summed E-state index contributed by atoms with van der Waals surface area (Å²) in [6.07, 6.45) is 10.7. The molecule has 3 aliphatic rings. The lowest BCUT2D eigenvalue weighted by molar-refractivity contribution is -0.137. The summed E-state index contributed by atoms with van der Waals surface area (Å²) in [5.74, 6) is 1.30. The van der Waals surface area contributed by atoms with Crippen LogP contribution in [0.4, 0.5) is 0 Å². The minimum atomic E-state index is -0.732. The van der Waals surface area contributed by atoms with E-state index in [2.05, 4.69) is 23.5 Å². The maximum Gasteiger partial charge on any atom is 0.303 e. The van der Waals surface area contributed by atoms with Gasteiger partial charge in [-0.05, 0) is 62.3 Å². The van der Waals surface area contributed by atoms with Crippen LogP contribution in [-0.2, 0) is 4.79 Å². The summed E-state index contributed by atoms with van der Waals surface area (Å²) in [5, 5.41) is 15.1. The van der Waals surface area contributed by atoms with Gasteiger partial charge in [-0.15, -0.1) is 11.3 Å². The molecule has 0 aliphatic heterocycles. The molecule has 2 bridgehead atoms. The molecule has 0 radical (unpaired) electrons. The van der Waals surface area contributed by atoms with Gasteiger partial charge in [-0.25, -0.2) is 0 Å². The molecule has 1 aromatic heterocycles. The van der Waals surface area contributed by atoms with Crippen molar-refractivity contribution in [1.29, 1.82) is 0 Å². The van der Waals surface area contributed by atoms with E-state index in [-0.39, 0.29) is 18.4 Å². The number of carbonyl (C=O) groups is 2. The van der Waals surface area contributed by atoms with Crippen LogP contribution < -0.4 is 5.32 Å². The van der Waals surface area contributed by atoms with E-state index in [0.29, 0.717) is 18.3 Å². The number of allylic oxidation sites excluding steroid dienone is 2. The van der Waals surface area contributed by atoms with Gasteiger partial charge in [0.05, 0.1) is 5.56 Å². The van der Waals surface area contributed by atoms with Gasteiger partial charge in [-0.2, -0.15) is 0 Å². The molecule has 1 heterocycles. The van der Waals surface area contributed by atoms with Crippen LogP contribution in [0.1, 0.15) is 55.3 Å². The van der Waals surface area contributed by atoms with E-state index in [1.54, 1.807) is 11.3 Å². The number of rotatable bonds is 8. The summed E-state index contributed by atoms with van der Waals surface area (Å²) in [5.41, 5.74) is 0.794. The van der Waals surface area contributed by atoms with Crippen LogP contribution in [0.3, 0.4) is 0 Å². The van der Waals surface area contributed by atoms with Crippen molar-refractivity contribution in [3.8, 4) is 0 Å². The molecule has 0 saturated heterocycles. The zero-order valence-electron chi connectivity index (χ0n) is 16.0. The Labute approximate surface area is 169 Å². The van der Waals surface area contributed by atoms with Gasteiger partial charge < -0.3 is 10.4 Å². The number of thiophene rings is 1. The lowest BCUT2D eigenvalue weighted by atomic mass is 9.57. The van der Waals surface area contributed by atoms with E-state index in [1.807, 2.05) is 23.6 Å². The fourth-order valence-electron chi connectivity index (χ4n) is 4.86. The zero-order valence-corrected chi connectivity index (χ0v) is 16.8. The number of carboxylic acids is 1. The normalized spacial score (nSPS) is 26.3. The lowest BCUT2D eigenvalue weighted by Crippen LogP contribution is -2.52. The standard InChI is InChI=1S/C23H27NO3S/c25-22(26)10-4-2-1-3-7-17-16-11-15(12-16)13-20(17)24-23(27)19-14-28-21-9-6-5-8-18(19)21/h1,3,5-6,8-9,14-17,20H,2,4,7,10-13H2,(H,24,27)(H,25,26)/b3-1-. The Morgan fingerprint density at radius 1 is 1.18 bits per heavy atom. The highest BCUT2D eigenvalue weighted by Crippen LogP contribution is 2.50. The third-order valence-electron chi connectivity index (χ3n) is 6.36. The molecule has 5 heteroatoms. The third kappa shape index (κ3) is 4.14.